The van der Waals surface area contributed by atoms with Crippen molar-refractivity contribution in [1.82, 2.24) is 0 Å². The zero-order valence-electron chi connectivity index (χ0n) is 50.5. The SMILES string of the molecule is CCCCC/C=C\CCCCCCCC(=O)OCC(COC(=O)CCCCCCCCCCCCCCC/C=C\C/C=C\CCCCCCC)OC(=O)CCCCCCCC/C=C\C/C=C\C/C=C\CCCCCCC. The van der Waals surface area contributed by atoms with Crippen molar-refractivity contribution in [3.05, 3.63) is 72.9 Å². The number of carbonyl (C=O) groups excluding carboxylic acids is 3. The first-order valence-corrected chi connectivity index (χ1v) is 32.9. The first kappa shape index (κ1) is 72.8. The fourth-order valence-corrected chi connectivity index (χ4v) is 9.42. The van der Waals surface area contributed by atoms with Crippen LogP contribution in [0.15, 0.2) is 72.9 Å². The molecule has 0 spiro atoms. The maximum atomic E-state index is 12.9. The topological polar surface area (TPSA) is 78.9 Å². The molecule has 440 valence electrons. The van der Waals surface area contributed by atoms with Crippen molar-refractivity contribution in [3.8, 4) is 0 Å². The summed E-state index contributed by atoms with van der Waals surface area (Å²) in [6.45, 7) is 6.61. The molecule has 0 aromatic rings. The van der Waals surface area contributed by atoms with Gasteiger partial charge in [0.15, 0.2) is 6.10 Å². The lowest BCUT2D eigenvalue weighted by molar-refractivity contribution is -0.167. The molecule has 6 nitrogen and oxygen atoms in total. The Hall–Kier alpha value is -3.15. The van der Waals surface area contributed by atoms with E-state index in [-0.39, 0.29) is 31.1 Å². The number of carbonyl (C=O) groups is 3. The lowest BCUT2D eigenvalue weighted by Crippen LogP contribution is -2.30. The van der Waals surface area contributed by atoms with E-state index in [1.807, 2.05) is 0 Å². The molecule has 6 heteroatoms. The van der Waals surface area contributed by atoms with E-state index in [1.54, 1.807) is 0 Å². The van der Waals surface area contributed by atoms with Crippen molar-refractivity contribution in [2.45, 2.75) is 341 Å². The standard InChI is InChI=1S/C70H124O6/c1-4-7-10-13-16-19-22-25-27-29-31-33-34-35-36-38-39-41-43-45-48-51-54-57-60-63-69(72)75-66-67(65-74-68(71)62-59-56-53-50-47-24-21-18-15-12-9-6-3)76-70(73)64-61-58-55-52-49-46-44-42-40-37-32-30-28-26-23-20-17-14-11-8-5-2/h18,21-23,25-26,29-32,40,42,67H,4-17,19-20,24,27-28,33-39,41,43-66H2,1-3H3/b21-18-,25-22-,26-23-,31-29-,32-30-,42-40-. The van der Waals surface area contributed by atoms with Gasteiger partial charge >= 0.3 is 17.9 Å². The first-order valence-electron chi connectivity index (χ1n) is 32.9. The molecule has 0 radical (unpaired) electrons. The molecule has 0 aliphatic rings. The average Bonchev–Trinajstić information content (AvgIpc) is 3.42. The van der Waals surface area contributed by atoms with E-state index in [4.69, 9.17) is 14.2 Å². The summed E-state index contributed by atoms with van der Waals surface area (Å²) in [4.78, 5) is 38.3. The first-order chi connectivity index (χ1) is 37.5. The minimum Gasteiger partial charge on any atom is -0.462 e. The van der Waals surface area contributed by atoms with Crippen LogP contribution >= 0.6 is 0 Å². The van der Waals surface area contributed by atoms with Gasteiger partial charge in [-0.05, 0) is 116 Å². The summed E-state index contributed by atoms with van der Waals surface area (Å²) < 4.78 is 16.9. The van der Waals surface area contributed by atoms with E-state index < -0.39 is 6.10 Å². The molecule has 0 aliphatic heterocycles. The number of allylic oxidation sites excluding steroid dienone is 12. The third kappa shape index (κ3) is 61.7. The number of esters is 3. The second-order valence-corrected chi connectivity index (χ2v) is 22.0. The van der Waals surface area contributed by atoms with E-state index >= 15 is 0 Å². The second kappa shape index (κ2) is 64.4. The summed E-state index contributed by atoms with van der Waals surface area (Å²) in [5.41, 5.74) is 0. The molecule has 0 heterocycles. The predicted octanol–water partition coefficient (Wildman–Crippen LogP) is 22.5. The van der Waals surface area contributed by atoms with Gasteiger partial charge in [-0.1, -0.05) is 273 Å². The Morgan fingerprint density at radius 3 is 0.776 bits per heavy atom. The predicted molar refractivity (Wildman–Crippen MR) is 330 cm³/mol. The molecule has 0 amide bonds. The van der Waals surface area contributed by atoms with E-state index in [2.05, 4.69) is 93.7 Å². The van der Waals surface area contributed by atoms with E-state index in [0.29, 0.717) is 19.3 Å². The normalized spacial score (nSPS) is 12.5. The average molecular weight is 1060 g/mol. The van der Waals surface area contributed by atoms with Crippen molar-refractivity contribution in [1.29, 1.82) is 0 Å². The molecule has 0 saturated heterocycles. The minimum absolute atomic E-state index is 0.0823. The van der Waals surface area contributed by atoms with Crippen molar-refractivity contribution in [2.24, 2.45) is 0 Å². The molecular weight excluding hydrogens is 937 g/mol. The van der Waals surface area contributed by atoms with Crippen molar-refractivity contribution in [3.63, 3.8) is 0 Å². The molecule has 0 aromatic heterocycles. The molecule has 0 N–H and O–H groups in total. The Bertz CT molecular complexity index is 1400. The Balaban J connectivity index is 4.30. The smallest absolute Gasteiger partial charge is 0.306 e. The number of rotatable bonds is 60. The van der Waals surface area contributed by atoms with Gasteiger partial charge in [-0.25, -0.2) is 0 Å². The number of hydrogen-bond acceptors (Lipinski definition) is 6. The van der Waals surface area contributed by atoms with Gasteiger partial charge in [-0.15, -0.1) is 0 Å². The Kier molecular flexibility index (Phi) is 61.7. The molecule has 76 heavy (non-hydrogen) atoms. The molecule has 0 aliphatic carbocycles. The van der Waals surface area contributed by atoms with Gasteiger partial charge in [0.25, 0.3) is 0 Å². The molecule has 0 rings (SSSR count). The molecular formula is C70H124O6. The zero-order chi connectivity index (χ0) is 55.0. The maximum absolute atomic E-state index is 12.9. The van der Waals surface area contributed by atoms with Gasteiger partial charge in [0.05, 0.1) is 0 Å². The van der Waals surface area contributed by atoms with E-state index in [0.717, 1.165) is 96.3 Å². The van der Waals surface area contributed by atoms with Gasteiger partial charge in [0.2, 0.25) is 0 Å². The highest BCUT2D eigenvalue weighted by atomic mass is 16.6. The van der Waals surface area contributed by atoms with Gasteiger partial charge in [-0.3, -0.25) is 14.4 Å². The zero-order valence-corrected chi connectivity index (χ0v) is 50.5. The van der Waals surface area contributed by atoms with Crippen LogP contribution in [0.4, 0.5) is 0 Å². The fourth-order valence-electron chi connectivity index (χ4n) is 9.42. The van der Waals surface area contributed by atoms with Crippen molar-refractivity contribution in [2.75, 3.05) is 13.2 Å². The lowest BCUT2D eigenvalue weighted by atomic mass is 10.0. The summed E-state index contributed by atoms with van der Waals surface area (Å²) in [7, 11) is 0. The molecule has 1 atom stereocenters. The van der Waals surface area contributed by atoms with Gasteiger partial charge < -0.3 is 14.2 Å². The van der Waals surface area contributed by atoms with Crippen molar-refractivity contribution >= 4 is 17.9 Å². The number of unbranched alkanes of at least 4 members (excludes halogenated alkanes) is 37. The van der Waals surface area contributed by atoms with Crippen LogP contribution in [0.5, 0.6) is 0 Å². The van der Waals surface area contributed by atoms with Crippen LogP contribution in [-0.4, -0.2) is 37.2 Å². The number of ether oxygens (including phenoxy) is 3. The Morgan fingerprint density at radius 1 is 0.263 bits per heavy atom. The van der Waals surface area contributed by atoms with E-state index in [9.17, 15) is 14.4 Å². The summed E-state index contributed by atoms with van der Waals surface area (Å²) in [6, 6.07) is 0. The lowest BCUT2D eigenvalue weighted by Gasteiger charge is -2.18. The van der Waals surface area contributed by atoms with Crippen LogP contribution in [-0.2, 0) is 28.6 Å². The highest BCUT2D eigenvalue weighted by Gasteiger charge is 2.19. The third-order valence-electron chi connectivity index (χ3n) is 14.4. The summed E-state index contributed by atoms with van der Waals surface area (Å²) >= 11 is 0. The monoisotopic (exact) mass is 1060 g/mol. The van der Waals surface area contributed by atoms with Crippen LogP contribution in [0, 0.1) is 0 Å². The molecule has 0 bridgehead atoms. The van der Waals surface area contributed by atoms with Crippen LogP contribution in [0.3, 0.4) is 0 Å². The maximum Gasteiger partial charge on any atom is 0.306 e. The summed E-state index contributed by atoms with van der Waals surface area (Å²) in [5, 5.41) is 0. The fraction of sp³-hybridized carbons (Fsp3) is 0.786. The quantitative estimate of drug-likeness (QED) is 0.0261. The molecule has 0 fully saturated rings. The third-order valence-corrected chi connectivity index (χ3v) is 14.4. The Morgan fingerprint density at radius 2 is 0.474 bits per heavy atom. The van der Waals surface area contributed by atoms with Crippen LogP contribution < -0.4 is 0 Å². The Labute approximate surface area is 472 Å². The van der Waals surface area contributed by atoms with Gasteiger partial charge in [0.1, 0.15) is 13.2 Å². The van der Waals surface area contributed by atoms with Gasteiger partial charge in [-0.2, -0.15) is 0 Å². The van der Waals surface area contributed by atoms with Gasteiger partial charge in [0, 0.05) is 19.3 Å². The highest BCUT2D eigenvalue weighted by Crippen LogP contribution is 2.16. The molecule has 0 saturated carbocycles. The highest BCUT2D eigenvalue weighted by molar-refractivity contribution is 5.71. The van der Waals surface area contributed by atoms with Crippen LogP contribution in [0.1, 0.15) is 335 Å². The summed E-state index contributed by atoms with van der Waals surface area (Å²) in [6.07, 6.45) is 83.4. The van der Waals surface area contributed by atoms with E-state index in [1.165, 1.54) is 199 Å². The van der Waals surface area contributed by atoms with Crippen LogP contribution in [0.25, 0.3) is 0 Å². The largest absolute Gasteiger partial charge is 0.462 e. The molecule has 1 unspecified atom stereocenters. The second-order valence-electron chi connectivity index (χ2n) is 22.0. The summed E-state index contributed by atoms with van der Waals surface area (Å²) in [5.74, 6) is -0.891. The minimum atomic E-state index is -0.787. The van der Waals surface area contributed by atoms with Crippen molar-refractivity contribution < 1.29 is 28.6 Å². The molecule has 0 aromatic carbocycles. The number of hydrogen-bond donors (Lipinski definition) is 0. The van der Waals surface area contributed by atoms with Crippen LogP contribution in [0.2, 0.25) is 0 Å².